The molecule has 25 atom stereocenters. The highest BCUT2D eigenvalue weighted by molar-refractivity contribution is 6.99. The maximum absolute atomic E-state index is 15.7. The minimum atomic E-state index is -3.91. The number of carbonyl (C=O) groups excluding carboxylic acids is 3. The van der Waals surface area contributed by atoms with Gasteiger partial charge in [0.15, 0.2) is 42.8 Å². The van der Waals surface area contributed by atoms with Crippen LogP contribution >= 0.6 is 0 Å². The van der Waals surface area contributed by atoms with Gasteiger partial charge < -0.3 is 94.4 Å². The molecule has 0 unspecified atom stereocenters. The third-order valence-electron chi connectivity index (χ3n) is 30.2. The molecule has 6 saturated heterocycles. The first-order valence-electron chi connectivity index (χ1n) is 50.7. The minimum Gasteiger partial charge on any atom is -0.431 e. The summed E-state index contributed by atoms with van der Waals surface area (Å²) in [6.45, 7) is 12.4. The summed E-state index contributed by atoms with van der Waals surface area (Å²) in [7, 11) is -3.91. The van der Waals surface area contributed by atoms with Gasteiger partial charge in [0.1, 0.15) is 110 Å². The van der Waals surface area contributed by atoms with Crippen LogP contribution in [-0.4, -0.2) is 197 Å². The normalized spacial score (nSPS) is 31.7. The molecule has 744 valence electrons. The molecule has 27 nitrogen and oxygen atoms in total. The topological polar surface area (TPSA) is 288 Å². The number of benzene rings is 9. The van der Waals surface area contributed by atoms with Crippen LogP contribution in [-0.2, 0) is 127 Å². The third kappa shape index (κ3) is 21.5. The smallest absolute Gasteiger partial charge is 0.431 e. The van der Waals surface area contributed by atoms with E-state index in [1.807, 2.05) is 218 Å². The number of hydrogen-bond donors (Lipinski definition) is 0. The molecule has 7 aliphatic heterocycles. The zero-order valence-electron chi connectivity index (χ0n) is 80.9. The van der Waals surface area contributed by atoms with E-state index < -0.39 is 191 Å². The highest BCUT2D eigenvalue weighted by Crippen LogP contribution is 2.55. The number of amides is 2. The second-order valence-electron chi connectivity index (χ2n) is 40.9. The molecule has 9 aromatic carbocycles. The molecule has 0 N–H and O–H groups in total. The van der Waals surface area contributed by atoms with Gasteiger partial charge >= 0.3 is 6.16 Å². The van der Waals surface area contributed by atoms with Crippen molar-refractivity contribution in [3.05, 3.63) is 322 Å². The fourth-order valence-corrected chi connectivity index (χ4v) is 27.9. The molecule has 0 radical (unpaired) electrons. The molecule has 0 bridgehead atoms. The molecule has 11 aliphatic rings. The second kappa shape index (κ2) is 44.4. The first kappa shape index (κ1) is 98.6. The number of hydrogen-bond acceptors (Lipinski definition) is 24. The summed E-state index contributed by atoms with van der Waals surface area (Å²) in [5.74, 6) is -2.78. The summed E-state index contributed by atoms with van der Waals surface area (Å²) in [5.41, 5.74) is 16.7. The van der Waals surface area contributed by atoms with Gasteiger partial charge in [-0.3, -0.25) is 14.5 Å². The van der Waals surface area contributed by atoms with E-state index in [1.165, 1.54) is 4.90 Å². The number of nitrogens with zero attached hydrogens (tertiary/aromatic N) is 4. The molecular weight excluding hydrogens is 1810 g/mol. The van der Waals surface area contributed by atoms with Gasteiger partial charge in [0.2, 0.25) is 0 Å². The van der Waals surface area contributed by atoms with Crippen molar-refractivity contribution in [2.24, 2.45) is 22.9 Å². The van der Waals surface area contributed by atoms with Crippen LogP contribution in [0.2, 0.25) is 5.04 Å². The molecule has 28 heteroatoms. The fourth-order valence-electron chi connectivity index (χ4n) is 23.2. The number of carbonyl (C=O) groups is 3. The van der Waals surface area contributed by atoms with E-state index in [4.69, 9.17) is 99.5 Å². The predicted molar refractivity (Wildman–Crippen MR) is 522 cm³/mol. The minimum absolute atomic E-state index is 0.00746. The SMILES string of the molecule is CC(C)[C@@H]1CC[C@@H](C)C[C@H]1OC(=O)O[C@H]1[C@H](O[C@H]2O[C@H](COCc3ccccc3)[C@@H](O[C@H]3O[C@H](CO[C@@H]4O[C@@H]5CO[C@@H](c6ccccc6)O[C@H]5[C@H](OCc5ccccc5)[C@H]4N4C(=O)c5ccccc5C4=O)[C@@H](OCc4ccccc4)[C@H](O[Si](c4ccccc4)(c4ccccc4)C(C)(C)C)[C@@H]3OCc3ccccc3)[C@H](OCc3ccccc3)[C@H]2N=[N+]=[N-])[C@H]2OC3(CCCCC3)O[C@@H]2[C@H]2OC3(CCCCC3)O[C@@H]12. The van der Waals surface area contributed by atoms with Crippen molar-refractivity contribution in [3.63, 3.8) is 0 Å². The Balaban J connectivity index is 0.747. The van der Waals surface area contributed by atoms with Gasteiger partial charge in [-0.1, -0.05) is 321 Å². The molecule has 4 saturated carbocycles. The number of fused-ring (bicyclic) bond motifs is 5. The number of ether oxygens (including phenoxy) is 19. The van der Waals surface area contributed by atoms with Crippen LogP contribution in [0.1, 0.15) is 185 Å². The molecule has 9 aromatic rings. The molecule has 0 aromatic heterocycles. The van der Waals surface area contributed by atoms with E-state index in [1.54, 1.807) is 24.3 Å². The Morgan fingerprint density at radius 2 is 0.915 bits per heavy atom. The largest absolute Gasteiger partial charge is 0.509 e. The van der Waals surface area contributed by atoms with E-state index in [2.05, 4.69) is 70.7 Å². The van der Waals surface area contributed by atoms with Crippen LogP contribution < -0.4 is 10.4 Å². The van der Waals surface area contributed by atoms with Crippen LogP contribution in [0, 0.1) is 17.8 Å². The van der Waals surface area contributed by atoms with E-state index in [0.717, 1.165) is 95.1 Å². The average Bonchev–Trinajstić information content (AvgIpc) is 1.57. The Labute approximate surface area is 826 Å². The van der Waals surface area contributed by atoms with E-state index in [9.17, 15) is 5.53 Å². The van der Waals surface area contributed by atoms with Crippen molar-refractivity contribution >= 4 is 36.7 Å². The maximum Gasteiger partial charge on any atom is 0.509 e. The summed E-state index contributed by atoms with van der Waals surface area (Å²) < 4.78 is 150. The van der Waals surface area contributed by atoms with Gasteiger partial charge in [0.05, 0.1) is 64.0 Å². The average molecular weight is 1940 g/mol. The summed E-state index contributed by atoms with van der Waals surface area (Å²) in [6.07, 6.45) is -15.6. The summed E-state index contributed by atoms with van der Waals surface area (Å²) in [5, 5.41) is 5.91. The zero-order valence-corrected chi connectivity index (χ0v) is 81.9. The van der Waals surface area contributed by atoms with Gasteiger partial charge in [0, 0.05) is 36.2 Å². The first-order valence-corrected chi connectivity index (χ1v) is 52.6. The number of imide groups is 1. The van der Waals surface area contributed by atoms with Crippen LogP contribution in [0.3, 0.4) is 0 Å². The Morgan fingerprint density at radius 1 is 0.461 bits per heavy atom. The molecule has 141 heavy (non-hydrogen) atoms. The van der Waals surface area contributed by atoms with Crippen LogP contribution in [0.15, 0.2) is 272 Å². The summed E-state index contributed by atoms with van der Waals surface area (Å²) >= 11 is 0. The Hall–Kier alpha value is -9.80. The first-order chi connectivity index (χ1) is 68.9. The molecule has 7 heterocycles. The number of azide groups is 1. The Morgan fingerprint density at radius 3 is 1.43 bits per heavy atom. The molecule has 10 fully saturated rings. The van der Waals surface area contributed by atoms with Gasteiger partial charge in [-0.05, 0) is 117 Å². The van der Waals surface area contributed by atoms with Crippen molar-refractivity contribution in [3.8, 4) is 0 Å². The Bertz CT molecular complexity index is 5550. The van der Waals surface area contributed by atoms with Gasteiger partial charge in [-0.2, -0.15) is 0 Å². The molecule has 20 rings (SSSR count). The zero-order chi connectivity index (χ0) is 96.6. The van der Waals surface area contributed by atoms with Crippen LogP contribution in [0.4, 0.5) is 4.79 Å². The van der Waals surface area contributed by atoms with E-state index >= 15 is 14.4 Å². The van der Waals surface area contributed by atoms with Crippen molar-refractivity contribution in [2.45, 2.75) is 316 Å². The molecule has 2 amide bonds. The van der Waals surface area contributed by atoms with Crippen LogP contribution in [0.25, 0.3) is 10.4 Å². The lowest BCUT2D eigenvalue weighted by Crippen LogP contribution is -2.73. The van der Waals surface area contributed by atoms with Crippen molar-refractivity contribution < 1.29 is 109 Å². The van der Waals surface area contributed by atoms with Crippen molar-refractivity contribution in [1.82, 2.24) is 4.90 Å². The maximum atomic E-state index is 15.7. The van der Waals surface area contributed by atoms with E-state index in [0.29, 0.717) is 32.1 Å². The standard InChI is InChI=1S/C113H130N4O23Si/c1-72(2)82-58-57-73(3)63-85(82)131-110(120)135-97-96(98-100(138-112(136-98)59-35-15-36-60-112)101-99(97)137-113(139-101)61-37-16-38-62-113)134-107-89(115-116-114)94(123-66-76-43-21-9-22-44-76)92(86(128-107)69-121-64-74-39-17-7-18-40-74)133-109-103(125-68-78-47-25-11-26-48-78)102(140-141(111(4,5)6,80-51-29-13-30-52-80)81-53-31-14-32-54-81)91(122-65-75-41-19-8-20-42-75)87(130-109)70-127-108-90(117-104(118)83-55-33-34-56-84(83)105(117)119)95(124-67-77-45-23-10-24-46-77)93-88(129-108)71-126-106(132-93)79-49-27-12-28-50-79/h7-14,17-34,39-56,72-73,82,85-103,106-109H,15-16,35-38,57-71H2,1-6H3/t73-,82+,85-,86-,87-,88-,89-,90-,91-,92-,93-,94-,95-,96+,97+,98-,99+,100+,101+,102+,103+,106-,107-,108-,109-/m1/s1. The van der Waals surface area contributed by atoms with Crippen molar-refractivity contribution in [1.29, 1.82) is 0 Å². The molecule has 2 spiro atoms. The summed E-state index contributed by atoms with van der Waals surface area (Å²) in [4.78, 5) is 51.9. The third-order valence-corrected chi connectivity index (χ3v) is 35.2. The lowest BCUT2D eigenvalue weighted by molar-refractivity contribution is -0.375. The monoisotopic (exact) mass is 1940 g/mol. The highest BCUT2D eigenvalue weighted by Gasteiger charge is 2.70. The fraction of sp³-hybridized carbons (Fsp3) is 0.496. The summed E-state index contributed by atoms with van der Waals surface area (Å²) in [6, 6.07) is 82.7. The van der Waals surface area contributed by atoms with E-state index in [-0.39, 0.29) is 75.1 Å². The molecule has 4 aliphatic carbocycles. The van der Waals surface area contributed by atoms with Gasteiger partial charge in [-0.15, -0.1) is 0 Å². The quantitative estimate of drug-likeness (QED) is 0.00922. The van der Waals surface area contributed by atoms with Crippen LogP contribution in [0.5, 0.6) is 0 Å². The lowest BCUT2D eigenvalue weighted by atomic mass is 9.75. The predicted octanol–water partition coefficient (Wildman–Crippen LogP) is 18.8. The molecular formula is C113H130N4O23Si. The Kier molecular flexibility index (Phi) is 31.1. The van der Waals surface area contributed by atoms with Gasteiger partial charge in [-0.25, -0.2) is 4.79 Å². The second-order valence-corrected chi connectivity index (χ2v) is 45.2. The van der Waals surface area contributed by atoms with Gasteiger partial charge in [0.25, 0.3) is 20.1 Å². The van der Waals surface area contributed by atoms with Crippen molar-refractivity contribution in [2.75, 3.05) is 19.8 Å². The lowest BCUT2D eigenvalue weighted by Gasteiger charge is -2.54. The number of rotatable bonds is 33. The highest BCUT2D eigenvalue weighted by atomic mass is 28.4.